The van der Waals surface area contributed by atoms with Gasteiger partial charge in [-0.15, -0.1) is 0 Å². The molecule has 1 aromatic carbocycles. The predicted molar refractivity (Wildman–Crippen MR) is 95.8 cm³/mol. The molecule has 6 nitrogen and oxygen atoms in total. The van der Waals surface area contributed by atoms with Gasteiger partial charge < -0.3 is 19.9 Å². The van der Waals surface area contributed by atoms with Gasteiger partial charge in [-0.2, -0.15) is 0 Å². The maximum atomic E-state index is 12.7. The molecule has 0 bridgehead atoms. The molecule has 2 aliphatic heterocycles. The van der Waals surface area contributed by atoms with Gasteiger partial charge in [-0.3, -0.25) is 9.59 Å². The Morgan fingerprint density at radius 1 is 1.20 bits per heavy atom. The molecule has 25 heavy (non-hydrogen) atoms. The van der Waals surface area contributed by atoms with E-state index in [4.69, 9.17) is 0 Å². The van der Waals surface area contributed by atoms with Crippen molar-refractivity contribution in [1.29, 1.82) is 0 Å². The maximum Gasteiger partial charge on any atom is 0.255 e. The summed E-state index contributed by atoms with van der Waals surface area (Å²) in [6.07, 6.45) is 0.714. The molecule has 0 saturated carbocycles. The minimum atomic E-state index is -0.522. The summed E-state index contributed by atoms with van der Waals surface area (Å²) in [6, 6.07) is 5.41. The minimum absolute atomic E-state index is 0.0383. The molecule has 1 amide bonds. The molecule has 0 aromatic heterocycles. The Labute approximate surface area is 148 Å². The van der Waals surface area contributed by atoms with E-state index in [0.717, 1.165) is 37.4 Å². The Bertz CT molecular complexity index is 695. The molecular formula is C19H25N3O3. The van der Waals surface area contributed by atoms with Crippen LogP contribution in [0, 0.1) is 0 Å². The second-order valence-electron chi connectivity index (χ2n) is 6.88. The summed E-state index contributed by atoms with van der Waals surface area (Å²) in [5.41, 5.74) is 2.76. The molecule has 1 saturated heterocycles. The summed E-state index contributed by atoms with van der Waals surface area (Å²) < 4.78 is 0. The van der Waals surface area contributed by atoms with Crippen molar-refractivity contribution in [2.24, 2.45) is 0 Å². The van der Waals surface area contributed by atoms with Gasteiger partial charge in [-0.25, -0.2) is 0 Å². The summed E-state index contributed by atoms with van der Waals surface area (Å²) in [4.78, 5) is 40.0. The van der Waals surface area contributed by atoms with E-state index in [1.165, 1.54) is 13.8 Å². The predicted octanol–water partition coefficient (Wildman–Crippen LogP) is 1.38. The van der Waals surface area contributed by atoms with Crippen LogP contribution in [0.1, 0.15) is 42.6 Å². The summed E-state index contributed by atoms with van der Waals surface area (Å²) >= 11 is 0. The van der Waals surface area contributed by atoms with Crippen molar-refractivity contribution in [2.45, 2.75) is 39.3 Å². The van der Waals surface area contributed by atoms with Gasteiger partial charge in [-0.05, 0) is 44.0 Å². The van der Waals surface area contributed by atoms with Gasteiger partial charge in [0.25, 0.3) is 5.91 Å². The first kappa shape index (κ1) is 17.6. The van der Waals surface area contributed by atoms with Crippen LogP contribution < -0.4 is 10.2 Å². The summed E-state index contributed by atoms with van der Waals surface area (Å²) in [5, 5.41) is 3.33. The number of fused-ring (bicyclic) bond motifs is 1. The molecule has 0 spiro atoms. The number of carbonyl (C=O) groups excluding carboxylic acids is 3. The number of amides is 1. The molecule has 6 heteroatoms. The molecule has 3 rings (SSSR count). The van der Waals surface area contributed by atoms with Crippen molar-refractivity contribution >= 4 is 23.2 Å². The smallest absolute Gasteiger partial charge is 0.255 e. The third kappa shape index (κ3) is 3.74. The molecule has 1 fully saturated rings. The number of carbonyl (C=O) groups is 3. The summed E-state index contributed by atoms with van der Waals surface area (Å²) in [5.74, 6) is -0.133. The van der Waals surface area contributed by atoms with Crippen LogP contribution in [-0.2, 0) is 16.1 Å². The normalized spacial score (nSPS) is 18.2. The third-order valence-corrected chi connectivity index (χ3v) is 5.02. The highest BCUT2D eigenvalue weighted by Crippen LogP contribution is 2.30. The van der Waals surface area contributed by atoms with Crippen LogP contribution >= 0.6 is 0 Å². The number of Topliss-reactive ketones (excluding diaryl/α,β-unsaturated/α-hetero) is 2. The first-order valence-electron chi connectivity index (χ1n) is 8.87. The quantitative estimate of drug-likeness (QED) is 0.845. The first-order chi connectivity index (χ1) is 12.0. The average Bonchev–Trinajstić information content (AvgIpc) is 2.91. The fourth-order valence-electron chi connectivity index (χ4n) is 3.62. The zero-order chi connectivity index (χ0) is 18.0. The van der Waals surface area contributed by atoms with Crippen molar-refractivity contribution in [3.8, 4) is 0 Å². The molecule has 1 atom stereocenters. The molecule has 0 aliphatic carbocycles. The lowest BCUT2D eigenvalue weighted by Crippen LogP contribution is -2.43. The van der Waals surface area contributed by atoms with Crippen LogP contribution in [0.2, 0.25) is 0 Å². The van der Waals surface area contributed by atoms with Gasteiger partial charge in [0.15, 0.2) is 5.78 Å². The molecule has 1 N–H and O–H groups in total. The van der Waals surface area contributed by atoms with Crippen molar-refractivity contribution in [2.75, 3.05) is 31.1 Å². The standard InChI is InChI=1S/C19H25N3O3/c1-13(23)3-6-18(14(2)24)22-12-15-11-16(4-5-17(15)19(22)25)21-9-7-20-8-10-21/h4-5,11,18,20H,3,6-10,12H2,1-2H3. The van der Waals surface area contributed by atoms with Crippen molar-refractivity contribution in [1.82, 2.24) is 10.2 Å². The van der Waals surface area contributed by atoms with E-state index in [1.54, 1.807) is 4.90 Å². The monoisotopic (exact) mass is 343 g/mol. The third-order valence-electron chi connectivity index (χ3n) is 5.02. The van der Waals surface area contributed by atoms with Gasteiger partial charge >= 0.3 is 0 Å². The van der Waals surface area contributed by atoms with E-state index in [9.17, 15) is 14.4 Å². The van der Waals surface area contributed by atoms with E-state index >= 15 is 0 Å². The number of nitrogens with one attached hydrogen (secondary N) is 1. The number of hydrogen-bond acceptors (Lipinski definition) is 5. The summed E-state index contributed by atoms with van der Waals surface area (Å²) in [6.45, 7) is 7.26. The van der Waals surface area contributed by atoms with E-state index in [-0.39, 0.29) is 17.5 Å². The summed E-state index contributed by atoms with van der Waals surface area (Å²) in [7, 11) is 0. The largest absolute Gasteiger partial charge is 0.369 e. The van der Waals surface area contributed by atoms with Gasteiger partial charge in [-0.1, -0.05) is 0 Å². The lowest BCUT2D eigenvalue weighted by molar-refractivity contribution is -0.122. The number of rotatable bonds is 6. The van der Waals surface area contributed by atoms with Crippen LogP contribution in [-0.4, -0.2) is 54.6 Å². The van der Waals surface area contributed by atoms with Crippen molar-refractivity contribution in [3.63, 3.8) is 0 Å². The number of nitrogens with zero attached hydrogens (tertiary/aromatic N) is 2. The average molecular weight is 343 g/mol. The van der Waals surface area contributed by atoms with Gasteiger partial charge in [0.2, 0.25) is 0 Å². The zero-order valence-corrected chi connectivity index (χ0v) is 14.9. The number of piperazine rings is 1. The molecule has 2 aliphatic rings. The van der Waals surface area contributed by atoms with Crippen LogP contribution in [0.15, 0.2) is 18.2 Å². The SMILES string of the molecule is CC(=O)CCC(C(C)=O)N1Cc2cc(N3CCNCC3)ccc2C1=O. The maximum absolute atomic E-state index is 12.7. The lowest BCUT2D eigenvalue weighted by Gasteiger charge is -2.29. The lowest BCUT2D eigenvalue weighted by atomic mass is 10.0. The molecule has 2 heterocycles. The Morgan fingerprint density at radius 3 is 2.56 bits per heavy atom. The van der Waals surface area contributed by atoms with Crippen LogP contribution in [0.5, 0.6) is 0 Å². The topological polar surface area (TPSA) is 69.7 Å². The molecule has 0 radical (unpaired) electrons. The number of benzene rings is 1. The Kier molecular flexibility index (Phi) is 5.18. The second-order valence-corrected chi connectivity index (χ2v) is 6.88. The minimum Gasteiger partial charge on any atom is -0.369 e. The fourth-order valence-corrected chi connectivity index (χ4v) is 3.62. The highest BCUT2D eigenvalue weighted by atomic mass is 16.2. The van der Waals surface area contributed by atoms with Crippen molar-refractivity contribution < 1.29 is 14.4 Å². The number of anilines is 1. The van der Waals surface area contributed by atoms with Gasteiger partial charge in [0, 0.05) is 50.4 Å². The van der Waals surface area contributed by atoms with Crippen LogP contribution in [0.25, 0.3) is 0 Å². The van der Waals surface area contributed by atoms with E-state index < -0.39 is 6.04 Å². The molecular weight excluding hydrogens is 318 g/mol. The zero-order valence-electron chi connectivity index (χ0n) is 14.9. The molecule has 1 aromatic rings. The first-order valence-corrected chi connectivity index (χ1v) is 8.87. The van der Waals surface area contributed by atoms with Crippen LogP contribution in [0.4, 0.5) is 5.69 Å². The molecule has 134 valence electrons. The molecule has 1 unspecified atom stereocenters. The Hall–Kier alpha value is -2.21. The Balaban J connectivity index is 1.79. The van der Waals surface area contributed by atoms with Crippen molar-refractivity contribution in [3.05, 3.63) is 29.3 Å². The van der Waals surface area contributed by atoms with Gasteiger partial charge in [0.1, 0.15) is 5.78 Å². The van der Waals surface area contributed by atoms with E-state index in [1.807, 2.05) is 12.1 Å². The highest BCUT2D eigenvalue weighted by Gasteiger charge is 2.35. The fraction of sp³-hybridized carbons (Fsp3) is 0.526. The highest BCUT2D eigenvalue weighted by molar-refractivity contribution is 6.01. The van der Waals surface area contributed by atoms with Crippen LogP contribution in [0.3, 0.4) is 0 Å². The number of hydrogen-bond donors (Lipinski definition) is 1. The Morgan fingerprint density at radius 2 is 1.92 bits per heavy atom. The van der Waals surface area contributed by atoms with E-state index in [2.05, 4.69) is 16.3 Å². The second kappa shape index (κ2) is 7.35. The van der Waals surface area contributed by atoms with Gasteiger partial charge in [0.05, 0.1) is 6.04 Å². The van der Waals surface area contributed by atoms with E-state index in [0.29, 0.717) is 24.9 Å². The number of ketones is 2.